The molecule has 2 aliphatic heterocycles. The van der Waals surface area contributed by atoms with Gasteiger partial charge < -0.3 is 14.4 Å². The van der Waals surface area contributed by atoms with Gasteiger partial charge in [-0.1, -0.05) is 30.0 Å². The molecule has 0 aliphatic carbocycles. The van der Waals surface area contributed by atoms with E-state index in [0.717, 1.165) is 22.7 Å². The van der Waals surface area contributed by atoms with E-state index in [4.69, 9.17) is 9.47 Å². The number of hydrogen-bond donors (Lipinski definition) is 0. The summed E-state index contributed by atoms with van der Waals surface area (Å²) in [5.41, 5.74) is 2.50. The predicted molar refractivity (Wildman–Crippen MR) is 99.7 cm³/mol. The molecule has 1 fully saturated rings. The normalized spacial score (nSPS) is 24.4. The Hall–Kier alpha value is -1.34. The Kier molecular flexibility index (Phi) is 4.62. The second kappa shape index (κ2) is 6.76. The Morgan fingerprint density at radius 1 is 1.32 bits per heavy atom. The van der Waals surface area contributed by atoms with Crippen LogP contribution in [-0.4, -0.2) is 44.7 Å². The predicted octanol–water partition coefficient (Wildman–Crippen LogP) is 4.17. The number of benzene rings is 1. The maximum atomic E-state index is 12.0. The first-order valence-corrected chi connectivity index (χ1v) is 9.99. The van der Waals surface area contributed by atoms with Crippen molar-refractivity contribution in [3.05, 3.63) is 46.3 Å². The number of ether oxygens (including phenoxy) is 2. The second-order valence-electron chi connectivity index (χ2n) is 6.77. The maximum absolute atomic E-state index is 12.0. The zero-order valence-electron chi connectivity index (χ0n) is 14.5. The van der Waals surface area contributed by atoms with E-state index in [2.05, 4.69) is 43.3 Å². The van der Waals surface area contributed by atoms with Crippen LogP contribution < -0.4 is 0 Å². The van der Waals surface area contributed by atoms with Crippen LogP contribution >= 0.6 is 23.1 Å². The van der Waals surface area contributed by atoms with Gasteiger partial charge in [0.05, 0.1) is 23.5 Å². The van der Waals surface area contributed by atoms with Crippen molar-refractivity contribution in [2.75, 3.05) is 27.7 Å². The monoisotopic (exact) mass is 375 g/mol. The fraction of sp³-hybridized carbons (Fsp3) is 0.421. The van der Waals surface area contributed by atoms with E-state index in [1.54, 1.807) is 11.8 Å². The lowest BCUT2D eigenvalue weighted by molar-refractivity contribution is 0.0263. The number of rotatable bonds is 3. The van der Waals surface area contributed by atoms with Gasteiger partial charge in [-0.3, -0.25) is 0 Å². The van der Waals surface area contributed by atoms with Gasteiger partial charge in [-0.2, -0.15) is 0 Å². The summed E-state index contributed by atoms with van der Waals surface area (Å²) in [6, 6.07) is 10.5. The van der Waals surface area contributed by atoms with E-state index in [-0.39, 0.29) is 18.2 Å². The average molecular weight is 376 g/mol. The summed E-state index contributed by atoms with van der Waals surface area (Å²) < 4.78 is 12.5. The summed E-state index contributed by atoms with van der Waals surface area (Å²) in [7, 11) is 5.58. The number of thiophene rings is 1. The highest BCUT2D eigenvalue weighted by atomic mass is 32.2. The average Bonchev–Trinajstić information content (AvgIpc) is 3.16. The first kappa shape index (κ1) is 17.1. The SMILES string of the molecule is COC(=O)c1cc2c(s1)Sc1ccccc1[C@H]1C[C@@H](CN(C)C)O[C@@H]21. The van der Waals surface area contributed by atoms with Crippen LogP contribution in [0.4, 0.5) is 0 Å². The molecule has 0 spiro atoms. The van der Waals surface area contributed by atoms with E-state index in [0.29, 0.717) is 10.8 Å². The molecule has 25 heavy (non-hydrogen) atoms. The first-order chi connectivity index (χ1) is 12.1. The van der Waals surface area contributed by atoms with Gasteiger partial charge in [-0.15, -0.1) is 11.3 Å². The standard InChI is InChI=1S/C19H21NO3S2/c1-20(2)10-11-8-13-12-6-4-5-7-15(12)24-19-14(17(13)23-11)9-16(25-19)18(21)22-3/h4-7,9,11,13,17H,8,10H2,1-3H3/t11-,13+,17+/m0/s1. The quantitative estimate of drug-likeness (QED) is 0.753. The molecule has 1 aromatic carbocycles. The fourth-order valence-corrected chi connectivity index (χ4v) is 6.24. The minimum atomic E-state index is -0.272. The zero-order valence-corrected chi connectivity index (χ0v) is 16.2. The number of nitrogens with zero attached hydrogens (tertiary/aromatic N) is 1. The second-order valence-corrected chi connectivity index (χ2v) is 9.13. The maximum Gasteiger partial charge on any atom is 0.348 e. The summed E-state index contributed by atoms with van der Waals surface area (Å²) in [6.45, 7) is 0.908. The molecule has 1 aromatic heterocycles. The summed E-state index contributed by atoms with van der Waals surface area (Å²) in [6.07, 6.45) is 1.21. The Morgan fingerprint density at radius 3 is 2.88 bits per heavy atom. The van der Waals surface area contributed by atoms with Crippen molar-refractivity contribution in [3.8, 4) is 0 Å². The van der Waals surface area contributed by atoms with Crippen molar-refractivity contribution in [2.45, 2.75) is 33.7 Å². The molecule has 0 amide bonds. The smallest absolute Gasteiger partial charge is 0.348 e. The molecular weight excluding hydrogens is 354 g/mol. The van der Waals surface area contributed by atoms with Crippen molar-refractivity contribution in [3.63, 3.8) is 0 Å². The number of fused-ring (bicyclic) bond motifs is 5. The van der Waals surface area contributed by atoms with Gasteiger partial charge >= 0.3 is 5.97 Å². The molecule has 1 saturated heterocycles. The number of esters is 1. The van der Waals surface area contributed by atoms with E-state index < -0.39 is 0 Å². The van der Waals surface area contributed by atoms with Gasteiger partial charge in [-0.25, -0.2) is 4.79 Å². The molecule has 2 aliphatic rings. The lowest BCUT2D eigenvalue weighted by Crippen LogP contribution is -2.25. The van der Waals surface area contributed by atoms with E-state index in [1.165, 1.54) is 28.9 Å². The van der Waals surface area contributed by atoms with Gasteiger partial charge in [0.15, 0.2) is 0 Å². The topological polar surface area (TPSA) is 38.8 Å². The molecule has 6 heteroatoms. The third-order valence-electron chi connectivity index (χ3n) is 4.73. The highest BCUT2D eigenvalue weighted by molar-refractivity contribution is 8.01. The van der Waals surface area contributed by atoms with Crippen LogP contribution in [0.2, 0.25) is 0 Å². The number of carbonyl (C=O) groups is 1. The molecule has 0 unspecified atom stereocenters. The summed E-state index contributed by atoms with van der Waals surface area (Å²) >= 11 is 3.25. The molecule has 3 atom stereocenters. The van der Waals surface area contributed by atoms with Gasteiger partial charge in [-0.05, 0) is 38.2 Å². The lowest BCUT2D eigenvalue weighted by atomic mass is 9.88. The third kappa shape index (κ3) is 3.12. The number of methoxy groups -OCH3 is 1. The lowest BCUT2D eigenvalue weighted by Gasteiger charge is -2.18. The Balaban J connectivity index is 1.77. The van der Waals surface area contributed by atoms with Crippen LogP contribution in [0.5, 0.6) is 0 Å². The van der Waals surface area contributed by atoms with Gasteiger partial charge in [0.25, 0.3) is 0 Å². The number of likely N-dealkylation sites (N-methyl/N-ethyl adjacent to an activating group) is 1. The van der Waals surface area contributed by atoms with Crippen LogP contribution in [0, 0.1) is 0 Å². The molecule has 3 heterocycles. The molecule has 0 saturated carbocycles. The van der Waals surface area contributed by atoms with Gasteiger partial charge in [0, 0.05) is 22.9 Å². The third-order valence-corrected chi connectivity index (χ3v) is 7.17. The molecular formula is C19H21NO3S2. The van der Waals surface area contributed by atoms with Crippen molar-refractivity contribution < 1.29 is 14.3 Å². The van der Waals surface area contributed by atoms with Crippen molar-refractivity contribution in [1.29, 1.82) is 0 Å². The van der Waals surface area contributed by atoms with Gasteiger partial charge in [0.1, 0.15) is 4.88 Å². The minimum absolute atomic E-state index is 0.00533. The number of carbonyl (C=O) groups excluding carboxylic acids is 1. The highest BCUT2D eigenvalue weighted by Crippen LogP contribution is 2.55. The summed E-state index contributed by atoms with van der Waals surface area (Å²) in [5.74, 6) is 0.0568. The van der Waals surface area contributed by atoms with Crippen LogP contribution in [0.1, 0.15) is 39.2 Å². The Morgan fingerprint density at radius 2 is 2.12 bits per heavy atom. The van der Waals surface area contributed by atoms with Crippen molar-refractivity contribution in [1.82, 2.24) is 4.90 Å². The molecule has 0 N–H and O–H groups in total. The van der Waals surface area contributed by atoms with Crippen LogP contribution in [-0.2, 0) is 9.47 Å². The van der Waals surface area contributed by atoms with E-state index in [1.807, 2.05) is 6.07 Å². The molecule has 2 aromatic rings. The molecule has 4 nitrogen and oxygen atoms in total. The largest absolute Gasteiger partial charge is 0.465 e. The zero-order chi connectivity index (χ0) is 17.6. The molecule has 0 radical (unpaired) electrons. The number of hydrogen-bond acceptors (Lipinski definition) is 6. The van der Waals surface area contributed by atoms with Crippen molar-refractivity contribution in [2.24, 2.45) is 0 Å². The van der Waals surface area contributed by atoms with Gasteiger partial charge in [0.2, 0.25) is 0 Å². The summed E-state index contributed by atoms with van der Waals surface area (Å²) in [4.78, 5) is 16.1. The van der Waals surface area contributed by atoms with Crippen molar-refractivity contribution >= 4 is 29.1 Å². The molecule has 0 bridgehead atoms. The molecule has 132 valence electrons. The highest BCUT2D eigenvalue weighted by Gasteiger charge is 2.42. The summed E-state index contributed by atoms with van der Waals surface area (Å²) in [5, 5.41) is 0. The van der Waals surface area contributed by atoms with E-state index in [9.17, 15) is 4.79 Å². The van der Waals surface area contributed by atoms with E-state index >= 15 is 0 Å². The first-order valence-electron chi connectivity index (χ1n) is 8.36. The fourth-order valence-electron chi connectivity index (χ4n) is 3.72. The van der Waals surface area contributed by atoms with Crippen LogP contribution in [0.25, 0.3) is 0 Å². The van der Waals surface area contributed by atoms with Crippen LogP contribution in [0.3, 0.4) is 0 Å². The van der Waals surface area contributed by atoms with Crippen LogP contribution in [0.15, 0.2) is 39.4 Å². The Labute approximate surface area is 156 Å². The minimum Gasteiger partial charge on any atom is -0.465 e. The molecule has 4 rings (SSSR count). The Bertz CT molecular complexity index is 802.